The van der Waals surface area contributed by atoms with E-state index in [9.17, 15) is 14.4 Å². The van der Waals surface area contributed by atoms with Crippen LogP contribution in [0.3, 0.4) is 0 Å². The molecule has 1 fully saturated rings. The Balaban J connectivity index is 1.97. The van der Waals surface area contributed by atoms with Crippen LogP contribution < -0.4 is 4.74 Å². The van der Waals surface area contributed by atoms with Gasteiger partial charge in [0.1, 0.15) is 16.9 Å². The van der Waals surface area contributed by atoms with Crippen molar-refractivity contribution in [3.05, 3.63) is 64.1 Å². The van der Waals surface area contributed by atoms with E-state index in [4.69, 9.17) is 4.74 Å². The number of Topliss-reactive ketones (excluding diaryl/α,β-unsaturated/α-hetero) is 2. The summed E-state index contributed by atoms with van der Waals surface area (Å²) in [6, 6.07) is 14.2. The second-order valence-corrected chi connectivity index (χ2v) is 7.80. The van der Waals surface area contributed by atoms with Gasteiger partial charge in [-0.05, 0) is 31.5 Å². The quantitative estimate of drug-likeness (QED) is 0.324. The van der Waals surface area contributed by atoms with E-state index in [1.807, 2.05) is 19.1 Å². The van der Waals surface area contributed by atoms with Gasteiger partial charge in [0.05, 0.1) is 5.41 Å². The highest BCUT2D eigenvalue weighted by atomic mass is 79.9. The van der Waals surface area contributed by atoms with Crippen molar-refractivity contribution < 1.29 is 19.1 Å². The highest BCUT2D eigenvalue weighted by molar-refractivity contribution is 9.10. The van der Waals surface area contributed by atoms with E-state index in [1.54, 1.807) is 36.4 Å². The Labute approximate surface area is 159 Å². The molecule has 3 atom stereocenters. The van der Waals surface area contributed by atoms with Crippen LogP contribution >= 0.6 is 15.9 Å². The molecule has 4 rings (SSSR count). The Morgan fingerprint density at radius 1 is 1.15 bits per heavy atom. The molecule has 0 saturated heterocycles. The number of carbonyl (C=O) groups is 3. The molecule has 26 heavy (non-hydrogen) atoms. The minimum absolute atomic E-state index is 0.175. The molecule has 1 aliphatic carbocycles. The van der Waals surface area contributed by atoms with Crippen molar-refractivity contribution in [1.82, 2.24) is 0 Å². The molecular formula is C21H17BrO4. The number of ketones is 2. The van der Waals surface area contributed by atoms with Gasteiger partial charge < -0.3 is 4.74 Å². The first kappa shape index (κ1) is 17.2. The van der Waals surface area contributed by atoms with Crippen molar-refractivity contribution in [3.8, 4) is 5.75 Å². The van der Waals surface area contributed by atoms with Crippen molar-refractivity contribution in [3.63, 3.8) is 0 Å². The SMILES string of the molecule is CC[C@]1(C(=O)c2ccccc2)[C@@H]2c3cc(Br)ccc3OC(=O)[C@@]21C(C)=O. The minimum Gasteiger partial charge on any atom is -0.425 e. The summed E-state index contributed by atoms with van der Waals surface area (Å²) < 4.78 is 6.33. The average molecular weight is 413 g/mol. The first-order chi connectivity index (χ1) is 12.4. The molecule has 1 heterocycles. The predicted octanol–water partition coefficient (Wildman–Crippen LogP) is 4.32. The number of rotatable bonds is 4. The Hall–Kier alpha value is -2.27. The third-order valence-electron chi connectivity index (χ3n) is 5.91. The lowest BCUT2D eigenvalue weighted by molar-refractivity contribution is -0.148. The maximum absolute atomic E-state index is 13.5. The molecule has 132 valence electrons. The molecular weight excluding hydrogens is 396 g/mol. The number of fused-ring (bicyclic) bond motifs is 3. The van der Waals surface area contributed by atoms with Gasteiger partial charge in [-0.25, -0.2) is 0 Å². The summed E-state index contributed by atoms with van der Waals surface area (Å²) in [4.78, 5) is 39.2. The van der Waals surface area contributed by atoms with Crippen LogP contribution in [0, 0.1) is 10.8 Å². The maximum atomic E-state index is 13.5. The molecule has 0 spiro atoms. The van der Waals surface area contributed by atoms with Crippen LogP contribution in [0.4, 0.5) is 0 Å². The summed E-state index contributed by atoms with van der Waals surface area (Å²) in [6.07, 6.45) is 0.381. The zero-order chi connectivity index (χ0) is 18.7. The monoisotopic (exact) mass is 412 g/mol. The number of carbonyl (C=O) groups excluding carboxylic acids is 3. The molecule has 0 amide bonds. The summed E-state index contributed by atoms with van der Waals surface area (Å²) >= 11 is 3.44. The van der Waals surface area contributed by atoms with E-state index >= 15 is 0 Å². The van der Waals surface area contributed by atoms with Crippen LogP contribution in [0.2, 0.25) is 0 Å². The fourth-order valence-corrected chi connectivity index (χ4v) is 5.19. The van der Waals surface area contributed by atoms with Crippen molar-refractivity contribution in [1.29, 1.82) is 0 Å². The van der Waals surface area contributed by atoms with Crippen LogP contribution in [0.1, 0.15) is 42.1 Å². The summed E-state index contributed by atoms with van der Waals surface area (Å²) in [5.74, 6) is -1.18. The van der Waals surface area contributed by atoms with Crippen LogP contribution in [0.5, 0.6) is 5.75 Å². The van der Waals surface area contributed by atoms with Gasteiger partial charge in [-0.1, -0.05) is 53.2 Å². The topological polar surface area (TPSA) is 60.4 Å². The van der Waals surface area contributed by atoms with Gasteiger partial charge in [-0.3, -0.25) is 14.4 Å². The van der Waals surface area contributed by atoms with E-state index in [2.05, 4.69) is 15.9 Å². The van der Waals surface area contributed by atoms with Gasteiger partial charge in [-0.15, -0.1) is 0 Å². The number of hydrogen-bond donors (Lipinski definition) is 0. The van der Waals surface area contributed by atoms with E-state index in [-0.39, 0.29) is 11.6 Å². The lowest BCUT2D eigenvalue weighted by atomic mass is 9.81. The summed E-state index contributed by atoms with van der Waals surface area (Å²) in [6.45, 7) is 3.24. The maximum Gasteiger partial charge on any atom is 0.326 e. The lowest BCUT2D eigenvalue weighted by Crippen LogP contribution is -2.38. The smallest absolute Gasteiger partial charge is 0.326 e. The second kappa shape index (κ2) is 5.61. The van der Waals surface area contributed by atoms with Gasteiger partial charge in [0.15, 0.2) is 5.78 Å². The third kappa shape index (κ3) is 1.87. The number of halogens is 1. The molecule has 0 aromatic heterocycles. The Morgan fingerprint density at radius 3 is 2.46 bits per heavy atom. The van der Waals surface area contributed by atoms with E-state index in [0.29, 0.717) is 17.7 Å². The standard InChI is InChI=1S/C21H17BrO4/c1-3-20(18(24)13-7-5-4-6-8-13)17-15-11-14(22)9-10-16(15)26-19(25)21(17,20)12(2)23/h4-11,17H,3H2,1-2H3/t17-,20+,21+/m0/s1. The molecule has 4 nitrogen and oxygen atoms in total. The predicted molar refractivity (Wildman–Crippen MR) is 99.1 cm³/mol. The minimum atomic E-state index is -1.44. The second-order valence-electron chi connectivity index (χ2n) is 6.89. The number of hydrogen-bond acceptors (Lipinski definition) is 4. The number of benzene rings is 2. The molecule has 1 aliphatic heterocycles. The lowest BCUT2D eigenvalue weighted by Gasteiger charge is -2.22. The molecule has 0 N–H and O–H groups in total. The zero-order valence-electron chi connectivity index (χ0n) is 14.4. The number of ether oxygens (including phenoxy) is 1. The Bertz CT molecular complexity index is 952. The first-order valence-electron chi connectivity index (χ1n) is 8.54. The van der Waals surface area contributed by atoms with Gasteiger partial charge in [-0.2, -0.15) is 0 Å². The molecule has 5 heteroatoms. The van der Waals surface area contributed by atoms with E-state index in [1.165, 1.54) is 6.92 Å². The fourth-order valence-electron chi connectivity index (χ4n) is 4.81. The normalized spacial score (nSPS) is 28.6. The Kier molecular flexibility index (Phi) is 3.70. The van der Waals surface area contributed by atoms with Crippen LogP contribution in [0.25, 0.3) is 0 Å². The first-order valence-corrected chi connectivity index (χ1v) is 9.33. The van der Waals surface area contributed by atoms with Gasteiger partial charge in [0.25, 0.3) is 0 Å². The number of esters is 1. The van der Waals surface area contributed by atoms with Crippen LogP contribution in [-0.4, -0.2) is 17.5 Å². The fraction of sp³-hybridized carbons (Fsp3) is 0.286. The molecule has 2 aromatic carbocycles. The average Bonchev–Trinajstić information content (AvgIpc) is 3.30. The summed E-state index contributed by atoms with van der Waals surface area (Å²) in [5, 5.41) is 0. The third-order valence-corrected chi connectivity index (χ3v) is 6.40. The van der Waals surface area contributed by atoms with Crippen LogP contribution in [0.15, 0.2) is 53.0 Å². The van der Waals surface area contributed by atoms with Crippen LogP contribution in [-0.2, 0) is 9.59 Å². The molecule has 2 aliphatic rings. The molecule has 0 unspecified atom stereocenters. The van der Waals surface area contributed by atoms with Gasteiger partial charge in [0.2, 0.25) is 0 Å². The Morgan fingerprint density at radius 2 is 1.85 bits per heavy atom. The molecule has 1 saturated carbocycles. The highest BCUT2D eigenvalue weighted by Crippen LogP contribution is 2.80. The van der Waals surface area contributed by atoms with Crippen molar-refractivity contribution in [2.75, 3.05) is 0 Å². The summed E-state index contributed by atoms with van der Waals surface area (Å²) in [5.41, 5.74) is -1.31. The van der Waals surface area contributed by atoms with Gasteiger partial charge in [0, 0.05) is 21.5 Å². The van der Waals surface area contributed by atoms with E-state index < -0.39 is 22.7 Å². The van der Waals surface area contributed by atoms with Crippen molar-refractivity contribution in [2.45, 2.75) is 26.2 Å². The van der Waals surface area contributed by atoms with E-state index in [0.717, 1.165) is 10.0 Å². The molecule has 0 bridgehead atoms. The van der Waals surface area contributed by atoms with Crippen molar-refractivity contribution in [2.24, 2.45) is 10.8 Å². The molecule has 2 aromatic rings. The zero-order valence-corrected chi connectivity index (χ0v) is 16.0. The van der Waals surface area contributed by atoms with Gasteiger partial charge >= 0.3 is 5.97 Å². The largest absolute Gasteiger partial charge is 0.425 e. The molecule has 0 radical (unpaired) electrons. The van der Waals surface area contributed by atoms with Crippen molar-refractivity contribution >= 4 is 33.5 Å². The summed E-state index contributed by atoms with van der Waals surface area (Å²) in [7, 11) is 0. The highest BCUT2D eigenvalue weighted by Gasteiger charge is 2.87.